The van der Waals surface area contributed by atoms with Gasteiger partial charge in [0.1, 0.15) is 30.8 Å². The minimum Gasteiger partial charge on any atom is -0.490 e. The van der Waals surface area contributed by atoms with Gasteiger partial charge in [0.05, 0.1) is 13.2 Å². The molecule has 1 atom stereocenters. The molecule has 4 aromatic rings. The van der Waals surface area contributed by atoms with Gasteiger partial charge in [-0.2, -0.15) is 0 Å². The van der Waals surface area contributed by atoms with Crippen LogP contribution >= 0.6 is 0 Å². The van der Waals surface area contributed by atoms with Gasteiger partial charge in [-0.1, -0.05) is 77.9 Å². The van der Waals surface area contributed by atoms with E-state index in [1.165, 1.54) is 11.1 Å². The van der Waals surface area contributed by atoms with Crippen molar-refractivity contribution in [2.75, 3.05) is 19.8 Å². The monoisotopic (exact) mass is 610 g/mol. The molecule has 8 heteroatoms. The summed E-state index contributed by atoms with van der Waals surface area (Å²) in [4.78, 5) is 13.8. The molecule has 236 valence electrons. The molecule has 0 unspecified atom stereocenters. The maximum Gasteiger partial charge on any atom is 0.320 e. The van der Waals surface area contributed by atoms with Gasteiger partial charge in [0.15, 0.2) is 11.5 Å². The Hall–Kier alpha value is -4.53. The number of carboxylic acid groups (broad SMARTS) is 1. The molecule has 5 rings (SSSR count). The van der Waals surface area contributed by atoms with E-state index in [4.69, 9.17) is 24.7 Å². The lowest BCUT2D eigenvalue weighted by Gasteiger charge is -2.26. The second-order valence-electron chi connectivity index (χ2n) is 11.6. The van der Waals surface area contributed by atoms with Gasteiger partial charge in [-0.15, -0.1) is 0 Å². The van der Waals surface area contributed by atoms with Gasteiger partial charge in [0.2, 0.25) is 0 Å². The number of nitrogens with zero attached hydrogens (tertiary/aromatic N) is 1. The first-order valence-corrected chi connectivity index (χ1v) is 15.4. The molecule has 0 amide bonds. The third-order valence-corrected chi connectivity index (χ3v) is 7.72. The zero-order valence-corrected chi connectivity index (χ0v) is 26.0. The molecular formula is C37H42N2O6. The van der Waals surface area contributed by atoms with E-state index in [1.807, 2.05) is 54.6 Å². The van der Waals surface area contributed by atoms with Crippen LogP contribution in [0.3, 0.4) is 0 Å². The maximum absolute atomic E-state index is 11.6. The van der Waals surface area contributed by atoms with Crippen molar-refractivity contribution in [1.82, 2.24) is 4.90 Å². The summed E-state index contributed by atoms with van der Waals surface area (Å²) in [6.07, 6.45) is 1.08. The van der Waals surface area contributed by atoms with Crippen LogP contribution in [0.1, 0.15) is 46.2 Å². The van der Waals surface area contributed by atoms with Crippen molar-refractivity contribution < 1.29 is 28.8 Å². The minimum atomic E-state index is -1.02. The van der Waals surface area contributed by atoms with E-state index in [9.17, 15) is 9.90 Å². The quantitative estimate of drug-likeness (QED) is 0.169. The fourth-order valence-electron chi connectivity index (χ4n) is 5.33. The van der Waals surface area contributed by atoms with Gasteiger partial charge >= 0.3 is 5.97 Å². The summed E-state index contributed by atoms with van der Waals surface area (Å²) < 4.78 is 24.7. The molecule has 0 saturated carbocycles. The van der Waals surface area contributed by atoms with Crippen molar-refractivity contribution in [3.05, 3.63) is 118 Å². The molecule has 0 aromatic heterocycles. The number of aryl methyl sites for hydroxylation is 2. The number of rotatable bonds is 14. The molecule has 1 aliphatic heterocycles. The minimum absolute atomic E-state index is 0.283. The number of aliphatic carboxylic acids is 1. The average molecular weight is 611 g/mol. The highest BCUT2D eigenvalue weighted by atomic mass is 16.5. The summed E-state index contributed by atoms with van der Waals surface area (Å²) in [5.41, 5.74) is 12.4. The number of ether oxygens (including phenoxy) is 4. The zero-order chi connectivity index (χ0) is 31.6. The van der Waals surface area contributed by atoms with Crippen molar-refractivity contribution in [3.63, 3.8) is 0 Å². The summed E-state index contributed by atoms with van der Waals surface area (Å²) in [5, 5.41) is 9.50. The number of hydrogen-bond donors (Lipinski definition) is 2. The van der Waals surface area contributed by atoms with Crippen LogP contribution in [0.5, 0.6) is 23.0 Å². The fraction of sp³-hybridized carbons (Fsp3) is 0.324. The fourth-order valence-corrected chi connectivity index (χ4v) is 5.33. The predicted octanol–water partition coefficient (Wildman–Crippen LogP) is 6.43. The van der Waals surface area contributed by atoms with Gasteiger partial charge in [-0.3, -0.25) is 9.69 Å². The number of fused-ring (bicyclic) bond motifs is 1. The van der Waals surface area contributed by atoms with Crippen LogP contribution in [-0.4, -0.2) is 41.8 Å². The first-order chi connectivity index (χ1) is 21.8. The Kier molecular flexibility index (Phi) is 11.0. The SMILES string of the molecule is Cc1cccc(COc2ccccc2CN(CC[C@H](N)C(=O)O)Cc2cc3c(cc2OCc2cccc(C)c2)OCCCO3)c1. The second kappa shape index (κ2) is 15.5. The number of para-hydroxylation sites is 1. The lowest BCUT2D eigenvalue weighted by Crippen LogP contribution is -2.35. The van der Waals surface area contributed by atoms with E-state index >= 15 is 0 Å². The summed E-state index contributed by atoms with van der Waals surface area (Å²) in [7, 11) is 0. The standard InChI is InChI=1S/C37H42N2O6/c1-26-8-5-10-28(18-26)24-44-33-13-4-3-12-30(33)22-39(15-14-32(38)37(40)41)23-31-20-35-36(43-17-7-16-42-35)21-34(31)45-25-29-11-6-9-27(2)19-29/h3-6,8-13,18-21,32H,7,14-17,22-25,38H2,1-2H3,(H,40,41)/t32-/m0/s1. The molecule has 0 saturated heterocycles. The van der Waals surface area contributed by atoms with Crippen LogP contribution in [0.25, 0.3) is 0 Å². The lowest BCUT2D eigenvalue weighted by molar-refractivity contribution is -0.138. The van der Waals surface area contributed by atoms with E-state index < -0.39 is 12.0 Å². The van der Waals surface area contributed by atoms with Gasteiger partial charge in [-0.25, -0.2) is 0 Å². The number of nitrogens with two attached hydrogens (primary N) is 1. The van der Waals surface area contributed by atoms with Crippen molar-refractivity contribution in [1.29, 1.82) is 0 Å². The summed E-state index contributed by atoms with van der Waals surface area (Å²) >= 11 is 0. The third-order valence-electron chi connectivity index (χ3n) is 7.72. The maximum atomic E-state index is 11.6. The van der Waals surface area contributed by atoms with Crippen molar-refractivity contribution in [3.8, 4) is 23.0 Å². The first kappa shape index (κ1) is 31.9. The largest absolute Gasteiger partial charge is 0.490 e. The molecule has 4 aromatic carbocycles. The van der Waals surface area contributed by atoms with Crippen LogP contribution in [-0.2, 0) is 31.1 Å². The van der Waals surface area contributed by atoms with E-state index in [0.29, 0.717) is 63.3 Å². The molecular weight excluding hydrogens is 568 g/mol. The van der Waals surface area contributed by atoms with Crippen molar-refractivity contribution in [2.45, 2.75) is 59.0 Å². The topological polar surface area (TPSA) is 103 Å². The van der Waals surface area contributed by atoms with Crippen LogP contribution < -0.4 is 24.7 Å². The predicted molar refractivity (Wildman–Crippen MR) is 174 cm³/mol. The third kappa shape index (κ3) is 9.23. The molecule has 0 radical (unpaired) electrons. The van der Waals surface area contributed by atoms with Gasteiger partial charge in [0, 0.05) is 43.2 Å². The number of hydrogen-bond acceptors (Lipinski definition) is 7. The first-order valence-electron chi connectivity index (χ1n) is 15.4. The van der Waals surface area contributed by atoms with Crippen LogP contribution in [0.4, 0.5) is 0 Å². The summed E-state index contributed by atoms with van der Waals surface area (Å²) in [6, 6.07) is 27.4. The average Bonchev–Trinajstić information content (AvgIpc) is 3.26. The zero-order valence-electron chi connectivity index (χ0n) is 26.0. The Bertz CT molecular complexity index is 1590. The molecule has 0 bridgehead atoms. The molecule has 1 heterocycles. The van der Waals surface area contributed by atoms with Crippen molar-refractivity contribution in [2.24, 2.45) is 5.73 Å². The lowest BCUT2D eigenvalue weighted by atomic mass is 10.1. The highest BCUT2D eigenvalue weighted by molar-refractivity contribution is 5.73. The molecule has 45 heavy (non-hydrogen) atoms. The molecule has 0 fully saturated rings. The molecule has 1 aliphatic rings. The van der Waals surface area contributed by atoms with E-state index in [-0.39, 0.29) is 6.42 Å². The normalized spacial score (nSPS) is 13.2. The van der Waals surface area contributed by atoms with Crippen LogP contribution in [0, 0.1) is 13.8 Å². The Morgan fingerprint density at radius 2 is 1.40 bits per heavy atom. The molecule has 3 N–H and O–H groups in total. The Morgan fingerprint density at radius 3 is 2.04 bits per heavy atom. The molecule has 8 nitrogen and oxygen atoms in total. The number of carbonyl (C=O) groups is 1. The van der Waals surface area contributed by atoms with Gasteiger partial charge in [-0.05, 0) is 43.5 Å². The van der Waals surface area contributed by atoms with Crippen LogP contribution in [0.15, 0.2) is 84.9 Å². The molecule has 0 spiro atoms. The summed E-state index contributed by atoms with van der Waals surface area (Å²) in [6.45, 7) is 7.54. The number of benzene rings is 4. The van der Waals surface area contributed by atoms with E-state index in [0.717, 1.165) is 34.4 Å². The second-order valence-corrected chi connectivity index (χ2v) is 11.6. The highest BCUT2D eigenvalue weighted by Crippen LogP contribution is 2.38. The number of carboxylic acids is 1. The smallest absolute Gasteiger partial charge is 0.320 e. The van der Waals surface area contributed by atoms with Crippen LogP contribution in [0.2, 0.25) is 0 Å². The Balaban J connectivity index is 1.41. The molecule has 0 aliphatic carbocycles. The summed E-state index contributed by atoms with van der Waals surface area (Å²) in [5.74, 6) is 1.78. The van der Waals surface area contributed by atoms with E-state index in [2.05, 4.69) is 49.1 Å². The van der Waals surface area contributed by atoms with Gasteiger partial charge < -0.3 is 29.8 Å². The Morgan fingerprint density at radius 1 is 0.800 bits per heavy atom. The van der Waals surface area contributed by atoms with Crippen molar-refractivity contribution >= 4 is 5.97 Å². The Labute approximate surface area is 265 Å². The highest BCUT2D eigenvalue weighted by Gasteiger charge is 2.21. The van der Waals surface area contributed by atoms with Gasteiger partial charge in [0.25, 0.3) is 0 Å². The van der Waals surface area contributed by atoms with E-state index in [1.54, 1.807) is 0 Å².